The van der Waals surface area contributed by atoms with Crippen molar-refractivity contribution >= 4 is 0 Å². The van der Waals surface area contributed by atoms with E-state index < -0.39 is 11.6 Å². The highest BCUT2D eigenvalue weighted by molar-refractivity contribution is 5.33. The Labute approximate surface area is 122 Å². The molecule has 112 valence electrons. The molecular weight excluding hydrogens is 274 g/mol. The smallest absolute Gasteiger partial charge is 0.151 e. The molecule has 0 radical (unpaired) electrons. The summed E-state index contributed by atoms with van der Waals surface area (Å²) in [5, 5.41) is 4.36. The predicted molar refractivity (Wildman–Crippen MR) is 76.0 cm³/mol. The highest BCUT2D eigenvalue weighted by Crippen LogP contribution is 2.16. The fraction of sp³-hybridized carbons (Fsp3) is 0.400. The number of nitrogens with two attached hydrogens (primary N) is 1. The van der Waals surface area contributed by atoms with Crippen molar-refractivity contribution < 1.29 is 8.78 Å². The first-order chi connectivity index (χ1) is 10.1. The number of piperidine rings is 1. The van der Waals surface area contributed by atoms with Crippen molar-refractivity contribution in [2.45, 2.75) is 25.4 Å². The van der Waals surface area contributed by atoms with Gasteiger partial charge < -0.3 is 5.73 Å². The van der Waals surface area contributed by atoms with E-state index in [1.807, 2.05) is 6.07 Å². The summed E-state index contributed by atoms with van der Waals surface area (Å²) in [6.07, 6.45) is 3.84. The van der Waals surface area contributed by atoms with Gasteiger partial charge in [0.2, 0.25) is 0 Å². The molecule has 0 unspecified atom stereocenters. The number of rotatable bonds is 3. The maximum atomic E-state index is 13.7. The third-order valence-electron chi connectivity index (χ3n) is 3.73. The van der Waals surface area contributed by atoms with Crippen LogP contribution < -0.4 is 5.73 Å². The van der Waals surface area contributed by atoms with Crippen LogP contribution in [0.4, 0.5) is 8.78 Å². The normalized spacial score (nSPS) is 19.9. The van der Waals surface area contributed by atoms with Gasteiger partial charge in [-0.15, -0.1) is 0 Å². The first-order valence-electron chi connectivity index (χ1n) is 7.10. The van der Waals surface area contributed by atoms with Crippen LogP contribution in [0.3, 0.4) is 0 Å². The Morgan fingerprint density at radius 3 is 2.90 bits per heavy atom. The molecule has 6 heteroatoms. The Hall–Kier alpha value is -1.79. The van der Waals surface area contributed by atoms with Gasteiger partial charge in [-0.25, -0.2) is 13.5 Å². The van der Waals surface area contributed by atoms with Crippen LogP contribution in [0.5, 0.6) is 0 Å². The van der Waals surface area contributed by atoms with Gasteiger partial charge in [0.25, 0.3) is 0 Å². The van der Waals surface area contributed by atoms with Gasteiger partial charge in [0.15, 0.2) is 5.82 Å². The molecule has 1 atom stereocenters. The van der Waals surface area contributed by atoms with Crippen LogP contribution in [0.1, 0.15) is 18.5 Å². The Balaban J connectivity index is 1.74. The second-order valence-corrected chi connectivity index (χ2v) is 5.48. The molecule has 0 saturated carbocycles. The fourth-order valence-corrected chi connectivity index (χ4v) is 2.71. The Morgan fingerprint density at radius 1 is 1.29 bits per heavy atom. The third kappa shape index (κ3) is 3.28. The topological polar surface area (TPSA) is 47.1 Å². The quantitative estimate of drug-likeness (QED) is 0.942. The second-order valence-electron chi connectivity index (χ2n) is 5.48. The zero-order valence-corrected chi connectivity index (χ0v) is 11.7. The predicted octanol–water partition coefficient (Wildman–Crippen LogP) is 2.07. The third-order valence-corrected chi connectivity index (χ3v) is 3.73. The van der Waals surface area contributed by atoms with Crippen molar-refractivity contribution in [1.82, 2.24) is 14.7 Å². The molecule has 0 bridgehead atoms. The first-order valence-corrected chi connectivity index (χ1v) is 7.10. The molecule has 0 spiro atoms. The van der Waals surface area contributed by atoms with E-state index in [4.69, 9.17) is 5.73 Å². The largest absolute Gasteiger partial charge is 0.327 e. The van der Waals surface area contributed by atoms with E-state index in [1.54, 1.807) is 6.20 Å². The molecule has 1 aromatic carbocycles. The highest BCUT2D eigenvalue weighted by Gasteiger charge is 2.17. The van der Waals surface area contributed by atoms with Gasteiger partial charge in [-0.05, 0) is 37.6 Å². The summed E-state index contributed by atoms with van der Waals surface area (Å²) in [5.74, 6) is -1.21. The standard InChI is InChI=1S/C15H18F2N4/c16-11-3-4-15(14(17)8-11)21-7-5-13(19-21)10-20-6-1-2-12(18)9-20/h3-5,7-8,12H,1-2,6,9-10,18H2/t12-/m1/s1. The van der Waals surface area contributed by atoms with Crippen LogP contribution in [0.25, 0.3) is 5.69 Å². The van der Waals surface area contributed by atoms with E-state index in [9.17, 15) is 8.78 Å². The van der Waals surface area contributed by atoms with Crippen molar-refractivity contribution in [3.63, 3.8) is 0 Å². The minimum absolute atomic E-state index is 0.218. The lowest BCUT2D eigenvalue weighted by atomic mass is 10.1. The number of nitrogens with zero attached hydrogens (tertiary/aromatic N) is 3. The van der Waals surface area contributed by atoms with Crippen molar-refractivity contribution in [3.8, 4) is 5.69 Å². The summed E-state index contributed by atoms with van der Waals surface area (Å²) in [6, 6.07) is 5.54. The first kappa shape index (κ1) is 14.2. The SMILES string of the molecule is N[C@@H]1CCCN(Cc2ccn(-c3ccc(F)cc3F)n2)C1. The van der Waals surface area contributed by atoms with Gasteiger partial charge in [-0.1, -0.05) is 0 Å². The van der Waals surface area contributed by atoms with Gasteiger partial charge in [-0.2, -0.15) is 5.10 Å². The minimum atomic E-state index is -0.621. The number of likely N-dealkylation sites (tertiary alicyclic amines) is 1. The van der Waals surface area contributed by atoms with Crippen molar-refractivity contribution in [2.24, 2.45) is 5.73 Å². The van der Waals surface area contributed by atoms with E-state index in [-0.39, 0.29) is 11.7 Å². The Bertz CT molecular complexity index is 626. The van der Waals surface area contributed by atoms with Crippen LogP contribution in [0.2, 0.25) is 0 Å². The average Bonchev–Trinajstić information content (AvgIpc) is 2.87. The average molecular weight is 292 g/mol. The highest BCUT2D eigenvalue weighted by atomic mass is 19.1. The van der Waals surface area contributed by atoms with Crippen LogP contribution in [-0.2, 0) is 6.54 Å². The summed E-state index contributed by atoms with van der Waals surface area (Å²) in [5.41, 5.74) is 7.06. The van der Waals surface area contributed by atoms with Crippen LogP contribution in [0, 0.1) is 11.6 Å². The summed E-state index contributed by atoms with van der Waals surface area (Å²) in [6.45, 7) is 2.56. The number of halogens is 2. The zero-order valence-electron chi connectivity index (χ0n) is 11.7. The molecule has 1 saturated heterocycles. The van der Waals surface area contributed by atoms with E-state index in [0.29, 0.717) is 6.54 Å². The zero-order chi connectivity index (χ0) is 14.8. The lowest BCUT2D eigenvalue weighted by Gasteiger charge is -2.29. The van der Waals surface area contributed by atoms with Crippen LogP contribution in [-0.4, -0.2) is 33.8 Å². The molecule has 2 heterocycles. The van der Waals surface area contributed by atoms with E-state index in [1.165, 1.54) is 16.8 Å². The number of benzene rings is 1. The van der Waals surface area contributed by atoms with Crippen LogP contribution >= 0.6 is 0 Å². The van der Waals surface area contributed by atoms with Gasteiger partial charge in [0, 0.05) is 31.4 Å². The Kier molecular flexibility index (Phi) is 3.98. The molecule has 4 nitrogen and oxygen atoms in total. The van der Waals surface area contributed by atoms with Crippen molar-refractivity contribution in [1.29, 1.82) is 0 Å². The lowest BCUT2D eigenvalue weighted by Crippen LogP contribution is -2.42. The van der Waals surface area contributed by atoms with E-state index >= 15 is 0 Å². The minimum Gasteiger partial charge on any atom is -0.327 e. The second kappa shape index (κ2) is 5.91. The van der Waals surface area contributed by atoms with E-state index in [0.717, 1.165) is 37.7 Å². The summed E-state index contributed by atoms with van der Waals surface area (Å²) in [7, 11) is 0. The van der Waals surface area contributed by atoms with Crippen molar-refractivity contribution in [3.05, 3.63) is 47.8 Å². The molecule has 1 fully saturated rings. The molecule has 3 rings (SSSR count). The maximum Gasteiger partial charge on any atom is 0.151 e. The fourth-order valence-electron chi connectivity index (χ4n) is 2.71. The molecule has 0 aliphatic carbocycles. The molecular formula is C15H18F2N4. The molecule has 1 aliphatic rings. The van der Waals surface area contributed by atoms with Crippen molar-refractivity contribution in [2.75, 3.05) is 13.1 Å². The number of hydrogen-bond acceptors (Lipinski definition) is 3. The van der Waals surface area contributed by atoms with Gasteiger partial charge in [-0.3, -0.25) is 4.90 Å². The molecule has 21 heavy (non-hydrogen) atoms. The molecule has 2 N–H and O–H groups in total. The number of aromatic nitrogens is 2. The van der Waals surface area contributed by atoms with Crippen LogP contribution in [0.15, 0.2) is 30.5 Å². The van der Waals surface area contributed by atoms with Gasteiger partial charge in [0.05, 0.1) is 5.69 Å². The maximum absolute atomic E-state index is 13.7. The number of hydrogen-bond donors (Lipinski definition) is 1. The molecule has 0 amide bonds. The summed E-state index contributed by atoms with van der Waals surface area (Å²) in [4.78, 5) is 2.25. The Morgan fingerprint density at radius 2 is 2.14 bits per heavy atom. The summed E-state index contributed by atoms with van der Waals surface area (Å²) < 4.78 is 28.1. The lowest BCUT2D eigenvalue weighted by molar-refractivity contribution is 0.199. The van der Waals surface area contributed by atoms with Gasteiger partial charge in [0.1, 0.15) is 11.5 Å². The van der Waals surface area contributed by atoms with Gasteiger partial charge >= 0.3 is 0 Å². The molecule has 1 aliphatic heterocycles. The summed E-state index contributed by atoms with van der Waals surface area (Å²) >= 11 is 0. The molecule has 2 aromatic rings. The van der Waals surface area contributed by atoms with E-state index in [2.05, 4.69) is 10.00 Å². The molecule has 1 aromatic heterocycles. The monoisotopic (exact) mass is 292 g/mol.